The van der Waals surface area contributed by atoms with E-state index in [0.717, 1.165) is 19.3 Å². The van der Waals surface area contributed by atoms with Gasteiger partial charge in [-0.15, -0.1) is 0 Å². The van der Waals surface area contributed by atoms with E-state index in [-0.39, 0.29) is 12.6 Å². The SMILES string of the molecule is CCCCCCCC/C=C\CCCCCCCC(=CCO)C(N)CCN. The van der Waals surface area contributed by atoms with Crippen LogP contribution in [0.15, 0.2) is 23.8 Å². The maximum absolute atomic E-state index is 9.11. The van der Waals surface area contributed by atoms with Gasteiger partial charge in [-0.25, -0.2) is 0 Å². The van der Waals surface area contributed by atoms with Gasteiger partial charge in [0.05, 0.1) is 6.61 Å². The first-order valence-corrected chi connectivity index (χ1v) is 11.2. The maximum atomic E-state index is 9.11. The summed E-state index contributed by atoms with van der Waals surface area (Å²) in [6, 6.07) is 0.0175. The highest BCUT2D eigenvalue weighted by Crippen LogP contribution is 2.15. The van der Waals surface area contributed by atoms with Crippen LogP contribution in [-0.4, -0.2) is 24.3 Å². The lowest BCUT2D eigenvalue weighted by atomic mass is 9.97. The smallest absolute Gasteiger partial charge is 0.0615 e. The van der Waals surface area contributed by atoms with Crippen LogP contribution in [-0.2, 0) is 0 Å². The van der Waals surface area contributed by atoms with Gasteiger partial charge in [-0.05, 0) is 51.5 Å². The highest BCUT2D eigenvalue weighted by Gasteiger charge is 2.07. The molecule has 0 bridgehead atoms. The average Bonchev–Trinajstić information content (AvgIpc) is 2.64. The first-order chi connectivity index (χ1) is 12.8. The standard InChI is InChI=1S/C23H46N2O/c1-2-3-4-5-6-7-8-9-10-11-12-13-14-15-16-17-22(19-21-26)23(25)18-20-24/h9-10,19,23,26H,2-8,11-18,20-21,24-25H2,1H3/b10-9-,22-19?. The number of hydrogen-bond donors (Lipinski definition) is 3. The number of aliphatic hydroxyl groups is 1. The molecule has 0 saturated carbocycles. The van der Waals surface area contributed by atoms with Crippen LogP contribution in [0.2, 0.25) is 0 Å². The summed E-state index contributed by atoms with van der Waals surface area (Å²) in [6.45, 7) is 2.96. The Labute approximate surface area is 163 Å². The molecule has 0 heterocycles. The van der Waals surface area contributed by atoms with E-state index in [4.69, 9.17) is 16.6 Å². The monoisotopic (exact) mass is 366 g/mol. The fraction of sp³-hybridized carbons (Fsp3) is 0.826. The van der Waals surface area contributed by atoms with Gasteiger partial charge in [0, 0.05) is 6.04 Å². The maximum Gasteiger partial charge on any atom is 0.0615 e. The Morgan fingerprint density at radius 3 is 1.92 bits per heavy atom. The first kappa shape index (κ1) is 25.4. The molecule has 0 aromatic heterocycles. The second-order valence-electron chi connectivity index (χ2n) is 7.48. The molecule has 154 valence electrons. The van der Waals surface area contributed by atoms with Crippen molar-refractivity contribution in [2.45, 2.75) is 109 Å². The lowest BCUT2D eigenvalue weighted by molar-refractivity contribution is 0.340. The molecule has 26 heavy (non-hydrogen) atoms. The molecule has 0 amide bonds. The van der Waals surface area contributed by atoms with Crippen LogP contribution in [0.5, 0.6) is 0 Å². The van der Waals surface area contributed by atoms with E-state index in [1.807, 2.05) is 6.08 Å². The Kier molecular flexibility index (Phi) is 20.2. The number of nitrogens with two attached hydrogens (primary N) is 2. The lowest BCUT2D eigenvalue weighted by Gasteiger charge is -2.15. The Bertz CT molecular complexity index is 339. The van der Waals surface area contributed by atoms with E-state index in [1.165, 1.54) is 82.6 Å². The lowest BCUT2D eigenvalue weighted by Crippen LogP contribution is -2.26. The molecule has 3 nitrogen and oxygen atoms in total. The van der Waals surface area contributed by atoms with Gasteiger partial charge >= 0.3 is 0 Å². The highest BCUT2D eigenvalue weighted by molar-refractivity contribution is 5.10. The van der Waals surface area contributed by atoms with Crippen LogP contribution in [0.25, 0.3) is 0 Å². The minimum Gasteiger partial charge on any atom is -0.392 e. The summed E-state index contributed by atoms with van der Waals surface area (Å²) in [4.78, 5) is 0. The van der Waals surface area contributed by atoms with Crippen LogP contribution in [0.1, 0.15) is 103 Å². The molecule has 1 atom stereocenters. The number of unbranched alkanes of at least 4 members (excludes halogenated alkanes) is 11. The summed E-state index contributed by atoms with van der Waals surface area (Å²) in [5.41, 5.74) is 12.9. The fourth-order valence-corrected chi connectivity index (χ4v) is 3.32. The van der Waals surface area contributed by atoms with Gasteiger partial charge in [-0.3, -0.25) is 0 Å². The molecule has 0 aliphatic heterocycles. The molecule has 0 radical (unpaired) electrons. The van der Waals surface area contributed by atoms with Crippen LogP contribution < -0.4 is 11.5 Å². The van der Waals surface area contributed by atoms with Crippen molar-refractivity contribution in [3.05, 3.63) is 23.8 Å². The zero-order chi connectivity index (χ0) is 19.3. The summed E-state index contributed by atoms with van der Waals surface area (Å²) < 4.78 is 0. The molecule has 0 aromatic rings. The molecule has 3 heteroatoms. The molecule has 0 aromatic carbocycles. The average molecular weight is 367 g/mol. The number of aliphatic hydroxyl groups excluding tert-OH is 1. The Morgan fingerprint density at radius 1 is 0.846 bits per heavy atom. The van der Waals surface area contributed by atoms with Crippen molar-refractivity contribution >= 4 is 0 Å². The molecule has 0 aliphatic rings. The van der Waals surface area contributed by atoms with Gasteiger partial charge in [0.1, 0.15) is 0 Å². The number of rotatable bonds is 19. The van der Waals surface area contributed by atoms with Gasteiger partial charge in [-0.2, -0.15) is 0 Å². The summed E-state index contributed by atoms with van der Waals surface area (Å²) in [6.07, 6.45) is 25.6. The predicted molar refractivity (Wildman–Crippen MR) is 116 cm³/mol. The summed E-state index contributed by atoms with van der Waals surface area (Å²) in [5, 5.41) is 9.11. The van der Waals surface area contributed by atoms with Gasteiger partial charge in [-0.1, -0.05) is 82.1 Å². The van der Waals surface area contributed by atoms with Gasteiger partial charge in [0.25, 0.3) is 0 Å². The van der Waals surface area contributed by atoms with Crippen molar-refractivity contribution in [1.29, 1.82) is 0 Å². The van der Waals surface area contributed by atoms with E-state index < -0.39 is 0 Å². The van der Waals surface area contributed by atoms with E-state index in [0.29, 0.717) is 6.54 Å². The Hall–Kier alpha value is -0.640. The van der Waals surface area contributed by atoms with Crippen LogP contribution >= 0.6 is 0 Å². The van der Waals surface area contributed by atoms with Gasteiger partial charge in [0.15, 0.2) is 0 Å². The normalized spacial score (nSPS) is 13.6. The molecule has 0 fully saturated rings. The predicted octanol–water partition coefficient (Wildman–Crippen LogP) is 5.62. The Balaban J connectivity index is 3.47. The summed E-state index contributed by atoms with van der Waals surface area (Å²) >= 11 is 0. The molecule has 5 N–H and O–H groups in total. The van der Waals surface area contributed by atoms with E-state index >= 15 is 0 Å². The zero-order valence-corrected chi connectivity index (χ0v) is 17.4. The third-order valence-electron chi connectivity index (χ3n) is 5.03. The number of allylic oxidation sites excluding steroid dienone is 2. The molecule has 0 saturated heterocycles. The number of hydrogen-bond acceptors (Lipinski definition) is 3. The molecule has 0 spiro atoms. The molecular formula is C23H46N2O. The van der Waals surface area contributed by atoms with Gasteiger partial charge < -0.3 is 16.6 Å². The quantitative estimate of drug-likeness (QED) is 0.205. The van der Waals surface area contributed by atoms with E-state index in [1.54, 1.807) is 0 Å². The minimum atomic E-state index is 0.0175. The second-order valence-corrected chi connectivity index (χ2v) is 7.48. The molecule has 1 unspecified atom stereocenters. The Morgan fingerprint density at radius 2 is 1.38 bits per heavy atom. The molecular weight excluding hydrogens is 320 g/mol. The van der Waals surface area contributed by atoms with Crippen molar-refractivity contribution in [2.24, 2.45) is 11.5 Å². The second kappa shape index (κ2) is 20.7. The van der Waals surface area contributed by atoms with Crippen LogP contribution in [0.4, 0.5) is 0 Å². The molecule has 0 aliphatic carbocycles. The highest BCUT2D eigenvalue weighted by atomic mass is 16.2. The first-order valence-electron chi connectivity index (χ1n) is 11.2. The minimum absolute atomic E-state index is 0.0175. The van der Waals surface area contributed by atoms with Crippen LogP contribution in [0, 0.1) is 0 Å². The fourth-order valence-electron chi connectivity index (χ4n) is 3.32. The van der Waals surface area contributed by atoms with Crippen molar-refractivity contribution in [2.75, 3.05) is 13.2 Å². The largest absolute Gasteiger partial charge is 0.392 e. The topological polar surface area (TPSA) is 72.3 Å². The summed E-state index contributed by atoms with van der Waals surface area (Å²) in [7, 11) is 0. The van der Waals surface area contributed by atoms with Gasteiger partial charge in [0.2, 0.25) is 0 Å². The third-order valence-corrected chi connectivity index (χ3v) is 5.03. The van der Waals surface area contributed by atoms with Crippen molar-refractivity contribution in [1.82, 2.24) is 0 Å². The zero-order valence-electron chi connectivity index (χ0n) is 17.4. The third kappa shape index (κ3) is 16.8. The van der Waals surface area contributed by atoms with E-state index in [9.17, 15) is 0 Å². The van der Waals surface area contributed by atoms with Crippen LogP contribution in [0.3, 0.4) is 0 Å². The van der Waals surface area contributed by atoms with E-state index in [2.05, 4.69) is 19.1 Å². The van der Waals surface area contributed by atoms with Crippen molar-refractivity contribution < 1.29 is 5.11 Å². The van der Waals surface area contributed by atoms with Crippen molar-refractivity contribution in [3.8, 4) is 0 Å². The van der Waals surface area contributed by atoms with Crippen molar-refractivity contribution in [3.63, 3.8) is 0 Å². The molecule has 0 rings (SSSR count). The summed E-state index contributed by atoms with van der Waals surface area (Å²) in [5.74, 6) is 0.